The molecule has 0 radical (unpaired) electrons. The summed E-state index contributed by atoms with van der Waals surface area (Å²) >= 11 is 9.23. The van der Waals surface area contributed by atoms with Gasteiger partial charge in [0, 0.05) is 16.7 Å². The van der Waals surface area contributed by atoms with Gasteiger partial charge in [-0.1, -0.05) is 27.5 Å². The van der Waals surface area contributed by atoms with Crippen molar-refractivity contribution in [3.63, 3.8) is 0 Å². The summed E-state index contributed by atoms with van der Waals surface area (Å²) in [6.07, 6.45) is 0.582. The predicted octanol–water partition coefficient (Wildman–Crippen LogP) is 3.44. The molecule has 3 rings (SSSR count). The molecule has 1 heterocycles. The van der Waals surface area contributed by atoms with Crippen LogP contribution in [0.4, 0.5) is 11.4 Å². The van der Waals surface area contributed by atoms with Crippen molar-refractivity contribution in [1.82, 2.24) is 0 Å². The van der Waals surface area contributed by atoms with Crippen molar-refractivity contribution >= 4 is 59.0 Å². The van der Waals surface area contributed by atoms with E-state index in [9.17, 15) is 16.8 Å². The number of rotatable bonds is 4. The van der Waals surface area contributed by atoms with Crippen LogP contribution in [0.3, 0.4) is 0 Å². The van der Waals surface area contributed by atoms with Crippen molar-refractivity contribution in [3.8, 4) is 0 Å². The van der Waals surface area contributed by atoms with E-state index in [1.54, 1.807) is 18.2 Å². The maximum Gasteiger partial charge on any atom is 0.263 e. The molecule has 0 saturated carbocycles. The Morgan fingerprint density at radius 2 is 1.80 bits per heavy atom. The highest BCUT2D eigenvalue weighted by atomic mass is 79.9. The topological polar surface area (TPSA) is 83.6 Å². The smallest absolute Gasteiger partial charge is 0.263 e. The minimum atomic E-state index is -3.85. The van der Waals surface area contributed by atoms with E-state index < -0.39 is 20.0 Å². The van der Waals surface area contributed by atoms with Crippen LogP contribution in [-0.2, 0) is 20.0 Å². The number of nitrogens with one attached hydrogen (secondary N) is 1. The van der Waals surface area contributed by atoms with Crippen LogP contribution < -0.4 is 9.03 Å². The highest BCUT2D eigenvalue weighted by Crippen LogP contribution is 2.29. The van der Waals surface area contributed by atoms with Gasteiger partial charge in [-0.25, -0.2) is 16.8 Å². The Balaban J connectivity index is 1.84. The second-order valence-corrected chi connectivity index (χ2v) is 10.5. The number of benzene rings is 2. The van der Waals surface area contributed by atoms with E-state index in [0.29, 0.717) is 28.8 Å². The summed E-state index contributed by atoms with van der Waals surface area (Å²) in [4.78, 5) is -0.0384. The van der Waals surface area contributed by atoms with Crippen LogP contribution in [0.5, 0.6) is 0 Å². The Bertz CT molecular complexity index is 1010. The predicted molar refractivity (Wildman–Crippen MR) is 102 cm³/mol. The zero-order valence-electron chi connectivity index (χ0n) is 12.8. The summed E-state index contributed by atoms with van der Waals surface area (Å²) in [5.74, 6) is 0.128. The third-order valence-corrected chi connectivity index (χ3v) is 7.92. The third-order valence-electron chi connectivity index (χ3n) is 3.69. The lowest BCUT2D eigenvalue weighted by atomic mass is 10.3. The molecule has 0 amide bonds. The summed E-state index contributed by atoms with van der Waals surface area (Å²) in [5, 5.41) is 0.0988. The van der Waals surface area contributed by atoms with Crippen molar-refractivity contribution in [2.24, 2.45) is 0 Å². The molecule has 0 bridgehead atoms. The summed E-state index contributed by atoms with van der Waals surface area (Å²) in [6.45, 7) is 0.432. The molecule has 25 heavy (non-hydrogen) atoms. The molecular weight excluding hydrogens is 452 g/mol. The Hall–Kier alpha value is -1.29. The van der Waals surface area contributed by atoms with Crippen molar-refractivity contribution in [1.29, 1.82) is 0 Å². The van der Waals surface area contributed by atoms with Crippen LogP contribution in [0.2, 0.25) is 5.02 Å². The van der Waals surface area contributed by atoms with E-state index in [-0.39, 0.29) is 15.7 Å². The van der Waals surface area contributed by atoms with Gasteiger partial charge in [-0.2, -0.15) is 0 Å². The first kappa shape index (κ1) is 18.5. The molecule has 0 spiro atoms. The summed E-state index contributed by atoms with van der Waals surface area (Å²) < 4.78 is 53.2. The Morgan fingerprint density at radius 1 is 1.12 bits per heavy atom. The molecule has 1 aliphatic heterocycles. The average Bonchev–Trinajstić information content (AvgIpc) is 2.86. The molecule has 134 valence electrons. The fraction of sp³-hybridized carbons (Fsp3) is 0.200. The van der Waals surface area contributed by atoms with Gasteiger partial charge in [0.25, 0.3) is 10.0 Å². The maximum absolute atomic E-state index is 12.5. The quantitative estimate of drug-likeness (QED) is 0.750. The van der Waals surface area contributed by atoms with Gasteiger partial charge in [-0.3, -0.25) is 9.03 Å². The minimum Gasteiger partial charge on any atom is -0.280 e. The fourth-order valence-electron chi connectivity index (χ4n) is 2.53. The highest BCUT2D eigenvalue weighted by molar-refractivity contribution is 9.10. The molecule has 0 atom stereocenters. The molecule has 0 unspecified atom stereocenters. The van der Waals surface area contributed by atoms with Gasteiger partial charge in [-0.15, -0.1) is 0 Å². The summed E-state index contributed by atoms with van der Waals surface area (Å²) in [7, 11) is -7.12. The first-order valence-electron chi connectivity index (χ1n) is 7.27. The maximum atomic E-state index is 12.5. The lowest BCUT2D eigenvalue weighted by Gasteiger charge is -2.17. The monoisotopic (exact) mass is 464 g/mol. The van der Waals surface area contributed by atoms with Crippen LogP contribution in [0, 0.1) is 0 Å². The van der Waals surface area contributed by atoms with Crippen LogP contribution in [-0.4, -0.2) is 29.1 Å². The van der Waals surface area contributed by atoms with E-state index in [4.69, 9.17) is 11.6 Å². The van der Waals surface area contributed by atoms with Gasteiger partial charge in [-0.05, 0) is 48.9 Å². The van der Waals surface area contributed by atoms with Gasteiger partial charge in [0.05, 0.1) is 16.5 Å². The SMILES string of the molecule is O=S(=O)(Nc1ccc(N2CCCS2(=O)=O)cc1)c1ccc(Br)cc1Cl. The second-order valence-electron chi connectivity index (χ2n) is 5.47. The van der Waals surface area contributed by atoms with Crippen LogP contribution in [0.1, 0.15) is 6.42 Å². The fourth-order valence-corrected chi connectivity index (χ4v) is 6.19. The summed E-state index contributed by atoms with van der Waals surface area (Å²) in [5.41, 5.74) is 0.835. The Morgan fingerprint density at radius 3 is 2.36 bits per heavy atom. The second kappa shape index (κ2) is 6.79. The number of halogens is 2. The Kier molecular flexibility index (Phi) is 5.02. The minimum absolute atomic E-state index is 0.0384. The number of hydrogen-bond donors (Lipinski definition) is 1. The van der Waals surface area contributed by atoms with E-state index in [2.05, 4.69) is 20.7 Å². The van der Waals surface area contributed by atoms with Crippen molar-refractivity contribution in [3.05, 3.63) is 52.0 Å². The molecule has 6 nitrogen and oxygen atoms in total. The first-order chi connectivity index (χ1) is 11.7. The molecule has 2 aromatic carbocycles. The van der Waals surface area contributed by atoms with E-state index in [1.165, 1.54) is 28.6 Å². The standard InChI is InChI=1S/C15H14BrClN2O4S2/c16-11-2-7-15(14(17)10-11)25(22,23)18-12-3-5-13(6-4-12)19-8-1-9-24(19,20)21/h2-7,10,18H,1,8-9H2. The molecule has 2 aromatic rings. The third kappa shape index (κ3) is 3.94. The zero-order chi connectivity index (χ0) is 18.2. The molecular formula is C15H14BrClN2O4S2. The van der Waals surface area contributed by atoms with Gasteiger partial charge < -0.3 is 0 Å². The zero-order valence-corrected chi connectivity index (χ0v) is 16.8. The molecule has 1 N–H and O–H groups in total. The lowest BCUT2D eigenvalue weighted by molar-refractivity contribution is 0.598. The first-order valence-corrected chi connectivity index (χ1v) is 11.5. The molecule has 10 heteroatoms. The molecule has 0 aliphatic carbocycles. The van der Waals surface area contributed by atoms with Gasteiger partial charge in [0.15, 0.2) is 0 Å². The summed E-state index contributed by atoms with van der Waals surface area (Å²) in [6, 6.07) is 10.7. The van der Waals surface area contributed by atoms with Crippen LogP contribution in [0.25, 0.3) is 0 Å². The van der Waals surface area contributed by atoms with E-state index in [0.717, 1.165) is 0 Å². The molecule has 1 aliphatic rings. The van der Waals surface area contributed by atoms with Crippen molar-refractivity contribution in [2.45, 2.75) is 11.3 Å². The molecule has 1 saturated heterocycles. The normalized spacial score (nSPS) is 16.8. The van der Waals surface area contributed by atoms with Crippen molar-refractivity contribution < 1.29 is 16.8 Å². The van der Waals surface area contributed by atoms with E-state index >= 15 is 0 Å². The van der Waals surface area contributed by atoms with Gasteiger partial charge >= 0.3 is 0 Å². The number of nitrogens with zero attached hydrogens (tertiary/aromatic N) is 1. The average molecular weight is 466 g/mol. The van der Waals surface area contributed by atoms with Crippen molar-refractivity contribution in [2.75, 3.05) is 21.3 Å². The number of hydrogen-bond acceptors (Lipinski definition) is 4. The largest absolute Gasteiger partial charge is 0.280 e. The van der Waals surface area contributed by atoms with Gasteiger partial charge in [0.1, 0.15) is 4.90 Å². The van der Waals surface area contributed by atoms with Crippen LogP contribution >= 0.6 is 27.5 Å². The highest BCUT2D eigenvalue weighted by Gasteiger charge is 2.28. The van der Waals surface area contributed by atoms with Crippen LogP contribution in [0.15, 0.2) is 51.8 Å². The van der Waals surface area contributed by atoms with Gasteiger partial charge in [0.2, 0.25) is 10.0 Å². The Labute approximate surface area is 160 Å². The number of sulfonamides is 2. The number of anilines is 2. The molecule has 1 fully saturated rings. The molecule has 0 aromatic heterocycles. The lowest BCUT2D eigenvalue weighted by Crippen LogP contribution is -2.25. The van der Waals surface area contributed by atoms with E-state index in [1.807, 2.05) is 0 Å².